The number of carbonyl (C=O) groups excluding carboxylic acids is 1. The Morgan fingerprint density at radius 1 is 0.841 bits per heavy atom. The van der Waals surface area contributed by atoms with Crippen LogP contribution in [-0.4, -0.2) is 53.8 Å². The van der Waals surface area contributed by atoms with Crippen molar-refractivity contribution in [3.63, 3.8) is 0 Å². The Kier molecular flexibility index (Phi) is 10.2. The second-order valence-electron chi connectivity index (χ2n) is 13.7. The molecular formula is C25H43F2O14P3. The summed E-state index contributed by atoms with van der Waals surface area (Å²) in [6, 6.07) is 0. The molecule has 4 saturated carbocycles. The molecule has 256 valence electrons. The van der Waals surface area contributed by atoms with Crippen LogP contribution < -0.4 is 0 Å². The summed E-state index contributed by atoms with van der Waals surface area (Å²) in [7, 11) is -15.4. The molecule has 14 nitrogen and oxygen atoms in total. The van der Waals surface area contributed by atoms with Crippen molar-refractivity contribution in [1.82, 2.24) is 0 Å². The summed E-state index contributed by atoms with van der Waals surface area (Å²) >= 11 is 0. The molecule has 6 N–H and O–H groups in total. The van der Waals surface area contributed by atoms with Crippen molar-refractivity contribution in [2.45, 2.75) is 96.7 Å². The number of ether oxygens (including phenoxy) is 1. The third kappa shape index (κ3) is 7.85. The lowest BCUT2D eigenvalue weighted by Crippen LogP contribution is -2.63. The van der Waals surface area contributed by atoms with Gasteiger partial charge in [-0.2, -0.15) is 0 Å². The molecule has 0 saturated heterocycles. The van der Waals surface area contributed by atoms with Crippen LogP contribution in [0.15, 0.2) is 0 Å². The summed E-state index contributed by atoms with van der Waals surface area (Å²) in [4.78, 5) is 67.6. The third-order valence-corrected chi connectivity index (χ3v) is 12.8. The molecule has 4 rings (SSSR count). The van der Waals surface area contributed by atoms with Gasteiger partial charge >= 0.3 is 29.4 Å². The summed E-state index contributed by atoms with van der Waals surface area (Å²) in [5, 5.41) is 0. The van der Waals surface area contributed by atoms with E-state index in [1.165, 1.54) is 0 Å². The first kappa shape index (κ1) is 36.5. The van der Waals surface area contributed by atoms with Crippen molar-refractivity contribution < 1.29 is 74.9 Å². The standard InChI is InChI=1S/C25H43F2O14P3/c1-15(4-7-20(28)38-14-39-42(29,30)31)17-5-6-18-21-19(8-9-23(17,18)3)22(2)10-11-24(26,40-43(32,33)34)12-16(22)13-25(21,27)41-44(35,36)37/h15-19,21H,4-14H2,1-3H3,(H2,29,30,31)(H2,32,33,34)(H2,35,36,37). The molecule has 44 heavy (non-hydrogen) atoms. The Morgan fingerprint density at radius 3 is 2.05 bits per heavy atom. The molecule has 0 amide bonds. The van der Waals surface area contributed by atoms with E-state index in [1.54, 1.807) is 0 Å². The summed E-state index contributed by atoms with van der Waals surface area (Å²) in [6.07, 6.45) is 1.22. The van der Waals surface area contributed by atoms with E-state index in [-0.39, 0.29) is 37.0 Å². The summed E-state index contributed by atoms with van der Waals surface area (Å²) in [6.45, 7) is 4.95. The van der Waals surface area contributed by atoms with Crippen molar-refractivity contribution in [2.24, 2.45) is 46.3 Å². The summed E-state index contributed by atoms with van der Waals surface area (Å²) in [5.74, 6) is -9.01. The van der Waals surface area contributed by atoms with Gasteiger partial charge in [-0.25, -0.2) is 36.0 Å². The van der Waals surface area contributed by atoms with Crippen LogP contribution in [0.25, 0.3) is 0 Å². The molecule has 4 aliphatic carbocycles. The Hall–Kier alpha value is -0.340. The highest BCUT2D eigenvalue weighted by Gasteiger charge is 2.70. The highest BCUT2D eigenvalue weighted by atomic mass is 31.2. The molecule has 0 aromatic heterocycles. The van der Waals surface area contributed by atoms with E-state index in [2.05, 4.69) is 9.05 Å². The molecule has 4 aliphatic rings. The maximum absolute atomic E-state index is 17.2. The summed E-state index contributed by atoms with van der Waals surface area (Å²) in [5.41, 5.74) is -1.20. The molecule has 0 spiro atoms. The molecule has 0 aromatic rings. The average Bonchev–Trinajstić information content (AvgIpc) is 3.17. The van der Waals surface area contributed by atoms with Gasteiger partial charge in [0, 0.05) is 31.6 Å². The fraction of sp³-hybridized carbons (Fsp3) is 0.960. The van der Waals surface area contributed by atoms with E-state index in [0.717, 1.165) is 0 Å². The first-order chi connectivity index (χ1) is 19.9. The highest BCUT2D eigenvalue weighted by molar-refractivity contribution is 7.46. The monoisotopic (exact) mass is 698 g/mol. The largest absolute Gasteiger partial charge is 0.472 e. The number of alkyl halides is 2. The van der Waals surface area contributed by atoms with Gasteiger partial charge in [-0.1, -0.05) is 20.8 Å². The molecule has 0 heterocycles. The Morgan fingerprint density at radius 2 is 1.45 bits per heavy atom. The zero-order valence-corrected chi connectivity index (χ0v) is 27.5. The van der Waals surface area contributed by atoms with E-state index < -0.39 is 89.4 Å². The molecule has 10 atom stereocenters. The molecule has 4 fully saturated rings. The smallest absolute Gasteiger partial charge is 0.438 e. The van der Waals surface area contributed by atoms with Crippen LogP contribution in [0, 0.1) is 46.3 Å². The third-order valence-electron chi connectivity index (χ3n) is 11.2. The number of halogens is 2. The van der Waals surface area contributed by atoms with E-state index in [9.17, 15) is 38.1 Å². The van der Waals surface area contributed by atoms with Gasteiger partial charge in [0.2, 0.25) is 18.5 Å². The van der Waals surface area contributed by atoms with Crippen LogP contribution in [-0.2, 0) is 36.8 Å². The van der Waals surface area contributed by atoms with Crippen molar-refractivity contribution in [3.8, 4) is 0 Å². The lowest BCUT2D eigenvalue weighted by atomic mass is 9.43. The van der Waals surface area contributed by atoms with Crippen LogP contribution in [0.2, 0.25) is 0 Å². The molecule has 0 radical (unpaired) electrons. The van der Waals surface area contributed by atoms with E-state index in [1.807, 2.05) is 20.8 Å². The number of hydrogen-bond acceptors (Lipinski definition) is 8. The maximum Gasteiger partial charge on any atom is 0.472 e. The van der Waals surface area contributed by atoms with Gasteiger partial charge in [-0.15, -0.1) is 0 Å². The first-order valence-corrected chi connectivity index (χ1v) is 19.2. The maximum atomic E-state index is 17.2. The van der Waals surface area contributed by atoms with Crippen molar-refractivity contribution >= 4 is 29.4 Å². The number of hydrogen-bond donors (Lipinski definition) is 6. The van der Waals surface area contributed by atoms with Crippen LogP contribution in [0.1, 0.15) is 85.0 Å². The van der Waals surface area contributed by atoms with Gasteiger partial charge in [-0.3, -0.25) is 4.79 Å². The van der Waals surface area contributed by atoms with Gasteiger partial charge in [0.05, 0.1) is 0 Å². The lowest BCUT2D eigenvalue weighted by molar-refractivity contribution is -0.276. The normalized spacial score (nSPS) is 41.8. The van der Waals surface area contributed by atoms with E-state index in [0.29, 0.717) is 32.1 Å². The first-order valence-electron chi connectivity index (χ1n) is 14.7. The number of rotatable bonds is 11. The fourth-order valence-electron chi connectivity index (χ4n) is 9.46. The fourth-order valence-corrected chi connectivity index (χ4v) is 10.8. The van der Waals surface area contributed by atoms with Crippen molar-refractivity contribution in [2.75, 3.05) is 6.79 Å². The lowest BCUT2D eigenvalue weighted by Gasteiger charge is -2.64. The zero-order valence-electron chi connectivity index (χ0n) is 24.8. The Balaban J connectivity index is 1.55. The molecule has 0 aromatic carbocycles. The molecule has 19 heteroatoms. The minimum absolute atomic E-state index is 0.000983. The predicted octanol–water partition coefficient (Wildman–Crippen LogP) is 4.83. The summed E-state index contributed by atoms with van der Waals surface area (Å²) < 4.78 is 85.4. The van der Waals surface area contributed by atoms with Gasteiger partial charge in [0.25, 0.3) is 0 Å². The van der Waals surface area contributed by atoms with E-state index >= 15 is 8.78 Å². The number of fused-ring (bicyclic) bond motifs is 5. The highest BCUT2D eigenvalue weighted by Crippen LogP contribution is 2.73. The van der Waals surface area contributed by atoms with Gasteiger partial charge in [-0.05, 0) is 78.9 Å². The number of phosphoric ester groups is 3. The molecule has 0 bridgehead atoms. The minimum atomic E-state index is -5.37. The Labute approximate surface area is 254 Å². The minimum Gasteiger partial charge on any atom is -0.438 e. The van der Waals surface area contributed by atoms with Crippen LogP contribution >= 0.6 is 23.5 Å². The van der Waals surface area contributed by atoms with Crippen molar-refractivity contribution in [1.29, 1.82) is 0 Å². The zero-order chi connectivity index (χ0) is 33.1. The quantitative estimate of drug-likeness (QED) is 0.0966. The van der Waals surface area contributed by atoms with Crippen LogP contribution in [0.4, 0.5) is 8.78 Å². The second-order valence-corrected chi connectivity index (χ2v) is 17.2. The number of esters is 1. The topological polar surface area (TPSA) is 227 Å². The SMILES string of the molecule is CC(CCC(=O)OCOP(=O)(O)O)C1CCC2C3C(CCC12C)C1(C)CCC(F)(OP(=O)(O)O)CC1CC3(F)OP(=O)(O)O. The molecule has 10 unspecified atom stereocenters. The average molecular weight is 699 g/mol. The number of phosphoric acid groups is 3. The predicted molar refractivity (Wildman–Crippen MR) is 147 cm³/mol. The molecular weight excluding hydrogens is 655 g/mol. The van der Waals surface area contributed by atoms with Crippen LogP contribution in [0.3, 0.4) is 0 Å². The number of carbonyl (C=O) groups is 1. The van der Waals surface area contributed by atoms with Crippen LogP contribution in [0.5, 0.6) is 0 Å². The van der Waals surface area contributed by atoms with E-state index in [4.69, 9.17) is 19.0 Å². The van der Waals surface area contributed by atoms with Gasteiger partial charge in [0.1, 0.15) is 0 Å². The van der Waals surface area contributed by atoms with Gasteiger partial charge < -0.3 is 34.1 Å². The molecule has 0 aliphatic heterocycles. The van der Waals surface area contributed by atoms with Crippen molar-refractivity contribution in [3.05, 3.63) is 0 Å². The second kappa shape index (κ2) is 12.3. The Bertz CT molecular complexity index is 1240. The van der Waals surface area contributed by atoms with Gasteiger partial charge in [0.15, 0.2) is 0 Å².